The number of imidazole rings is 1. The molecule has 3 aromatic rings. The number of pyridine rings is 2. The number of amides is 1. The van der Waals surface area contributed by atoms with Gasteiger partial charge in [0.25, 0.3) is 12.3 Å². The number of carbonyl (C=O) groups is 1. The second-order valence-electron chi connectivity index (χ2n) is 7.57. The van der Waals surface area contributed by atoms with Gasteiger partial charge in [0.1, 0.15) is 28.5 Å². The van der Waals surface area contributed by atoms with Crippen LogP contribution in [0, 0.1) is 0 Å². The number of nitrogens with one attached hydrogen (secondary N) is 1. The van der Waals surface area contributed by atoms with Crippen LogP contribution in [-0.2, 0) is 4.74 Å². The predicted octanol–water partition coefficient (Wildman–Crippen LogP) is 3.36. The van der Waals surface area contributed by atoms with Gasteiger partial charge in [-0.25, -0.2) is 18.7 Å². The van der Waals surface area contributed by atoms with Crippen molar-refractivity contribution >= 4 is 17.2 Å². The molecule has 0 spiro atoms. The quantitative estimate of drug-likeness (QED) is 0.544. The van der Waals surface area contributed by atoms with Gasteiger partial charge >= 0.3 is 0 Å². The number of hydrogen-bond acceptors (Lipinski definition) is 6. The van der Waals surface area contributed by atoms with Crippen LogP contribution in [0.25, 0.3) is 5.65 Å². The zero-order chi connectivity index (χ0) is 22.7. The summed E-state index contributed by atoms with van der Waals surface area (Å²) in [6.45, 7) is 5.66. The molecule has 1 aliphatic heterocycles. The highest BCUT2D eigenvalue weighted by Gasteiger charge is 2.29. The minimum Gasteiger partial charge on any atom is -0.491 e. The van der Waals surface area contributed by atoms with Crippen LogP contribution in [0.15, 0.2) is 36.7 Å². The number of methoxy groups -OCH3 is 1. The first kappa shape index (κ1) is 22.1. The minimum absolute atomic E-state index is 0.0951. The lowest BCUT2D eigenvalue weighted by Crippen LogP contribution is -2.46. The molecule has 0 aliphatic carbocycles. The summed E-state index contributed by atoms with van der Waals surface area (Å²) < 4.78 is 38.5. The topological polar surface area (TPSA) is 81.0 Å². The molecule has 4 rings (SSSR count). The normalized spacial score (nSPS) is 14.7. The summed E-state index contributed by atoms with van der Waals surface area (Å²) in [6, 6.07) is 5.71. The van der Waals surface area contributed by atoms with Gasteiger partial charge in [-0.15, -0.1) is 0 Å². The molecule has 0 bridgehead atoms. The molecule has 1 saturated heterocycles. The van der Waals surface area contributed by atoms with Crippen LogP contribution in [0.2, 0.25) is 0 Å². The Bertz CT molecular complexity index is 1100. The molecule has 1 N–H and O–H groups in total. The third kappa shape index (κ3) is 4.71. The number of carbonyl (C=O) groups excluding carboxylic acids is 1. The molecule has 1 fully saturated rings. The van der Waals surface area contributed by atoms with Crippen LogP contribution >= 0.6 is 0 Å². The first-order chi connectivity index (χ1) is 15.5. The highest BCUT2D eigenvalue weighted by molar-refractivity contribution is 6.03. The van der Waals surface area contributed by atoms with Crippen LogP contribution in [0.5, 0.6) is 5.75 Å². The van der Waals surface area contributed by atoms with E-state index < -0.39 is 18.0 Å². The molecular weight excluding hydrogens is 420 g/mol. The number of rotatable bonds is 9. The van der Waals surface area contributed by atoms with E-state index in [-0.39, 0.29) is 5.69 Å². The molecule has 0 unspecified atom stereocenters. The summed E-state index contributed by atoms with van der Waals surface area (Å²) in [7, 11) is 1.69. The number of anilines is 1. The lowest BCUT2D eigenvalue weighted by molar-refractivity contribution is 0.0931. The molecule has 32 heavy (non-hydrogen) atoms. The van der Waals surface area contributed by atoms with Gasteiger partial charge in [-0.2, -0.15) is 0 Å². The van der Waals surface area contributed by atoms with Gasteiger partial charge in [0.05, 0.1) is 18.9 Å². The summed E-state index contributed by atoms with van der Waals surface area (Å²) in [5.41, 5.74) is 1.54. The molecule has 0 aromatic carbocycles. The van der Waals surface area contributed by atoms with E-state index in [0.29, 0.717) is 36.2 Å². The Kier molecular flexibility index (Phi) is 6.61. The highest BCUT2D eigenvalue weighted by atomic mass is 19.3. The lowest BCUT2D eigenvalue weighted by Gasteiger charge is -2.38. The van der Waals surface area contributed by atoms with Gasteiger partial charge < -0.3 is 19.2 Å². The number of hydrogen-bond donors (Lipinski definition) is 1. The fourth-order valence-electron chi connectivity index (χ4n) is 3.65. The molecule has 10 heteroatoms. The Morgan fingerprint density at radius 2 is 2.09 bits per heavy atom. The van der Waals surface area contributed by atoms with E-state index in [4.69, 9.17) is 14.5 Å². The molecule has 170 valence electrons. The second-order valence-corrected chi connectivity index (χ2v) is 7.57. The maximum atomic E-state index is 12.9. The Labute approximate surface area is 184 Å². The largest absolute Gasteiger partial charge is 0.491 e. The standard InChI is InChI=1S/C22H25F2N5O3/c1-3-32-19-9-20-26-17(14-10-28(11-14)7-8-31-2)12-29(20)13-18(19)27-22(30)16-6-4-5-15(25-16)21(23)24/h4-6,9,12-14,21H,3,7-8,10-11H2,1-2H3,(H,27,30). The maximum Gasteiger partial charge on any atom is 0.280 e. The molecule has 8 nitrogen and oxygen atoms in total. The predicted molar refractivity (Wildman–Crippen MR) is 115 cm³/mol. The van der Waals surface area contributed by atoms with Gasteiger partial charge in [0, 0.05) is 51.1 Å². The van der Waals surface area contributed by atoms with Gasteiger partial charge in [0.15, 0.2) is 0 Å². The number of likely N-dealkylation sites (tertiary alicyclic amines) is 1. The van der Waals surface area contributed by atoms with Crippen LogP contribution in [-0.4, -0.2) is 65.1 Å². The van der Waals surface area contributed by atoms with Crippen molar-refractivity contribution in [2.24, 2.45) is 0 Å². The monoisotopic (exact) mass is 445 g/mol. The van der Waals surface area contributed by atoms with E-state index in [1.807, 2.05) is 17.5 Å². The van der Waals surface area contributed by atoms with Crippen LogP contribution in [0.1, 0.15) is 41.1 Å². The molecule has 3 aromatic heterocycles. The summed E-state index contributed by atoms with van der Waals surface area (Å²) >= 11 is 0. The van der Waals surface area contributed by atoms with E-state index in [0.717, 1.165) is 25.3 Å². The Morgan fingerprint density at radius 1 is 1.28 bits per heavy atom. The van der Waals surface area contributed by atoms with Crippen molar-refractivity contribution in [2.75, 3.05) is 45.3 Å². The van der Waals surface area contributed by atoms with Crippen LogP contribution < -0.4 is 10.1 Å². The van der Waals surface area contributed by atoms with E-state index in [9.17, 15) is 13.6 Å². The number of aromatic nitrogens is 3. The van der Waals surface area contributed by atoms with Gasteiger partial charge in [-0.05, 0) is 19.1 Å². The van der Waals surface area contributed by atoms with E-state index in [1.165, 1.54) is 18.2 Å². The van der Waals surface area contributed by atoms with Gasteiger partial charge in [-0.1, -0.05) is 6.07 Å². The summed E-state index contributed by atoms with van der Waals surface area (Å²) in [4.78, 5) is 23.4. The van der Waals surface area contributed by atoms with E-state index >= 15 is 0 Å². The third-order valence-corrected chi connectivity index (χ3v) is 5.34. The molecule has 4 heterocycles. The van der Waals surface area contributed by atoms with Crippen molar-refractivity contribution in [3.05, 3.63) is 53.7 Å². The first-order valence-corrected chi connectivity index (χ1v) is 10.4. The Morgan fingerprint density at radius 3 is 2.81 bits per heavy atom. The number of alkyl halides is 2. The van der Waals surface area contributed by atoms with Gasteiger partial charge in [0.2, 0.25) is 0 Å². The molecule has 0 saturated carbocycles. The molecule has 1 aliphatic rings. The first-order valence-electron chi connectivity index (χ1n) is 10.4. The SMILES string of the molecule is CCOc1cc2nc(C3CN(CCOC)C3)cn2cc1NC(=O)c1cccc(C(F)F)n1. The maximum absolute atomic E-state index is 12.9. The lowest BCUT2D eigenvalue weighted by atomic mass is 9.97. The van der Waals surface area contributed by atoms with Crippen molar-refractivity contribution in [2.45, 2.75) is 19.3 Å². The Hall–Kier alpha value is -3.11. The highest BCUT2D eigenvalue weighted by Crippen LogP contribution is 2.30. The average molecular weight is 445 g/mol. The Balaban J connectivity index is 1.55. The zero-order valence-corrected chi connectivity index (χ0v) is 17.9. The van der Waals surface area contributed by atoms with E-state index in [2.05, 4.69) is 15.2 Å². The van der Waals surface area contributed by atoms with E-state index in [1.54, 1.807) is 19.4 Å². The smallest absolute Gasteiger partial charge is 0.280 e. The minimum atomic E-state index is -2.75. The molecule has 1 amide bonds. The average Bonchev–Trinajstić information content (AvgIpc) is 3.15. The third-order valence-electron chi connectivity index (χ3n) is 5.34. The second kappa shape index (κ2) is 9.58. The number of ether oxygens (including phenoxy) is 2. The van der Waals surface area contributed by atoms with Gasteiger partial charge in [-0.3, -0.25) is 9.69 Å². The number of halogens is 2. The number of fused-ring (bicyclic) bond motifs is 1. The van der Waals surface area contributed by atoms with Crippen molar-refractivity contribution in [3.8, 4) is 5.75 Å². The molecule has 0 atom stereocenters. The van der Waals surface area contributed by atoms with Crippen molar-refractivity contribution in [1.82, 2.24) is 19.3 Å². The summed E-state index contributed by atoms with van der Waals surface area (Å²) in [6.07, 6.45) is 0.904. The molecule has 0 radical (unpaired) electrons. The van der Waals surface area contributed by atoms with Crippen LogP contribution in [0.4, 0.5) is 14.5 Å². The van der Waals surface area contributed by atoms with Crippen molar-refractivity contribution < 1.29 is 23.0 Å². The fraction of sp³-hybridized carbons (Fsp3) is 0.409. The van der Waals surface area contributed by atoms with Crippen LogP contribution in [0.3, 0.4) is 0 Å². The zero-order valence-electron chi connectivity index (χ0n) is 17.9. The summed E-state index contributed by atoms with van der Waals surface area (Å²) in [5.74, 6) is 0.188. The van der Waals surface area contributed by atoms with Crippen molar-refractivity contribution in [1.29, 1.82) is 0 Å². The summed E-state index contributed by atoms with van der Waals surface area (Å²) in [5, 5.41) is 2.72. The molecular formula is C22H25F2N5O3. The number of nitrogens with zero attached hydrogens (tertiary/aromatic N) is 4. The fourth-order valence-corrected chi connectivity index (χ4v) is 3.65. The van der Waals surface area contributed by atoms with Crippen molar-refractivity contribution in [3.63, 3.8) is 0 Å².